The van der Waals surface area contributed by atoms with Gasteiger partial charge in [0.1, 0.15) is 0 Å². The summed E-state index contributed by atoms with van der Waals surface area (Å²) in [5, 5.41) is 3.58. The first-order valence-electron chi connectivity index (χ1n) is 6.85. The first-order chi connectivity index (χ1) is 11.4. The van der Waals surface area contributed by atoms with E-state index in [9.17, 15) is 9.59 Å². The SMILES string of the molecule is NOC1(CC(=O)c2ccc(Cl)cc2)C(=O)Nc2c(Cl)ccc(Cl)c21. The van der Waals surface area contributed by atoms with E-state index in [1.165, 1.54) is 12.1 Å². The number of hydrogen-bond donors (Lipinski definition) is 2. The average Bonchev–Trinajstić information content (AvgIpc) is 2.86. The van der Waals surface area contributed by atoms with Crippen molar-refractivity contribution in [3.05, 3.63) is 62.6 Å². The zero-order valence-corrected chi connectivity index (χ0v) is 14.4. The van der Waals surface area contributed by atoms with Crippen molar-refractivity contribution in [2.45, 2.75) is 12.0 Å². The molecule has 0 saturated carbocycles. The second kappa shape index (κ2) is 6.35. The van der Waals surface area contributed by atoms with E-state index in [1.54, 1.807) is 24.3 Å². The van der Waals surface area contributed by atoms with Gasteiger partial charge in [0.25, 0.3) is 5.91 Å². The van der Waals surface area contributed by atoms with Crippen LogP contribution in [0.2, 0.25) is 15.1 Å². The van der Waals surface area contributed by atoms with E-state index in [1.807, 2.05) is 0 Å². The monoisotopic (exact) mass is 384 g/mol. The van der Waals surface area contributed by atoms with Crippen molar-refractivity contribution in [3.63, 3.8) is 0 Å². The van der Waals surface area contributed by atoms with E-state index < -0.39 is 11.5 Å². The maximum Gasteiger partial charge on any atom is 0.264 e. The highest BCUT2D eigenvalue weighted by atomic mass is 35.5. The predicted molar refractivity (Wildman–Crippen MR) is 92.4 cm³/mol. The Kier molecular flexibility index (Phi) is 4.55. The number of amides is 1. The summed E-state index contributed by atoms with van der Waals surface area (Å²) in [6, 6.07) is 9.33. The minimum absolute atomic E-state index is 0.224. The zero-order valence-electron chi connectivity index (χ0n) is 12.1. The molecule has 0 spiro atoms. The molecule has 0 aromatic heterocycles. The summed E-state index contributed by atoms with van der Waals surface area (Å²) in [5.74, 6) is 4.46. The molecular weight excluding hydrogens is 375 g/mol. The number of fused-ring (bicyclic) bond motifs is 1. The van der Waals surface area contributed by atoms with Gasteiger partial charge in [0.2, 0.25) is 5.60 Å². The number of rotatable bonds is 4. The number of nitrogens with two attached hydrogens (primary N) is 1. The number of anilines is 1. The molecule has 1 aliphatic rings. The van der Waals surface area contributed by atoms with Crippen LogP contribution in [0.1, 0.15) is 22.3 Å². The molecule has 0 radical (unpaired) electrons. The summed E-state index contributed by atoms with van der Waals surface area (Å²) in [4.78, 5) is 30.1. The van der Waals surface area contributed by atoms with Crippen LogP contribution < -0.4 is 11.2 Å². The summed E-state index contributed by atoms with van der Waals surface area (Å²) < 4.78 is 0. The van der Waals surface area contributed by atoms with Gasteiger partial charge in [-0.15, -0.1) is 0 Å². The number of halogens is 3. The van der Waals surface area contributed by atoms with Crippen LogP contribution in [0.3, 0.4) is 0 Å². The highest BCUT2D eigenvalue weighted by Crippen LogP contribution is 2.47. The van der Waals surface area contributed by atoms with Gasteiger partial charge in [-0.3, -0.25) is 14.4 Å². The standard InChI is InChI=1S/C16H11Cl3N2O3/c17-9-3-1-8(2-4-9)12(22)7-16(24-20)13-10(18)5-6-11(19)14(13)21-15(16)23/h1-6H,7,20H2,(H,21,23). The van der Waals surface area contributed by atoms with E-state index >= 15 is 0 Å². The Morgan fingerprint density at radius 1 is 1.08 bits per heavy atom. The van der Waals surface area contributed by atoms with Gasteiger partial charge >= 0.3 is 0 Å². The molecule has 1 aliphatic heterocycles. The van der Waals surface area contributed by atoms with Crippen LogP contribution >= 0.6 is 34.8 Å². The van der Waals surface area contributed by atoms with Gasteiger partial charge in [0, 0.05) is 21.2 Å². The first-order valence-corrected chi connectivity index (χ1v) is 7.99. The van der Waals surface area contributed by atoms with Crippen molar-refractivity contribution >= 4 is 52.2 Å². The van der Waals surface area contributed by atoms with Crippen LogP contribution in [0.15, 0.2) is 36.4 Å². The van der Waals surface area contributed by atoms with E-state index in [0.717, 1.165) is 0 Å². The molecule has 0 saturated heterocycles. The molecular formula is C16H11Cl3N2O3. The Bertz CT molecular complexity index is 839. The van der Waals surface area contributed by atoms with Crippen LogP contribution in [-0.2, 0) is 15.2 Å². The molecule has 2 aromatic carbocycles. The molecule has 3 N–H and O–H groups in total. The summed E-state index contributed by atoms with van der Waals surface area (Å²) in [5.41, 5.74) is -0.821. The van der Waals surface area contributed by atoms with Crippen molar-refractivity contribution in [1.29, 1.82) is 0 Å². The lowest BCUT2D eigenvalue weighted by molar-refractivity contribution is -0.141. The fraction of sp³-hybridized carbons (Fsp3) is 0.125. The van der Waals surface area contributed by atoms with Crippen molar-refractivity contribution in [2.75, 3.05) is 5.32 Å². The van der Waals surface area contributed by atoms with Crippen molar-refractivity contribution < 1.29 is 14.4 Å². The normalized spacial score (nSPS) is 19.1. The lowest BCUT2D eigenvalue weighted by Gasteiger charge is -2.24. The molecule has 1 unspecified atom stereocenters. The number of hydrogen-bond acceptors (Lipinski definition) is 4. The van der Waals surface area contributed by atoms with Gasteiger partial charge in [-0.2, -0.15) is 0 Å². The molecule has 5 nitrogen and oxygen atoms in total. The molecule has 2 aromatic rings. The maximum atomic E-state index is 12.6. The van der Waals surface area contributed by atoms with Gasteiger partial charge < -0.3 is 5.32 Å². The molecule has 0 bridgehead atoms. The summed E-state index contributed by atoms with van der Waals surface area (Å²) in [7, 11) is 0. The maximum absolute atomic E-state index is 12.6. The lowest BCUT2D eigenvalue weighted by atomic mass is 9.88. The lowest BCUT2D eigenvalue weighted by Crippen LogP contribution is -2.41. The van der Waals surface area contributed by atoms with Crippen molar-refractivity contribution in [1.82, 2.24) is 0 Å². The summed E-state index contributed by atoms with van der Waals surface area (Å²) in [6.45, 7) is 0. The summed E-state index contributed by atoms with van der Waals surface area (Å²) in [6.07, 6.45) is -0.329. The van der Waals surface area contributed by atoms with Crippen LogP contribution in [0, 0.1) is 0 Å². The Morgan fingerprint density at radius 2 is 1.71 bits per heavy atom. The zero-order chi connectivity index (χ0) is 17.5. The Morgan fingerprint density at radius 3 is 2.33 bits per heavy atom. The number of carbonyl (C=O) groups excluding carboxylic acids is 2. The third kappa shape index (κ3) is 2.68. The minimum atomic E-state index is -1.74. The van der Waals surface area contributed by atoms with Crippen LogP contribution in [0.4, 0.5) is 5.69 Å². The third-order valence-corrected chi connectivity index (χ3v) is 4.77. The Hall–Kier alpha value is -1.63. The number of ketones is 1. The molecule has 24 heavy (non-hydrogen) atoms. The van der Waals surface area contributed by atoms with Gasteiger partial charge in [0.05, 0.1) is 17.1 Å². The Labute approximate surface area is 152 Å². The highest BCUT2D eigenvalue weighted by Gasteiger charge is 2.52. The molecule has 1 amide bonds. The van der Waals surface area contributed by atoms with Gasteiger partial charge in [-0.1, -0.05) is 34.8 Å². The van der Waals surface area contributed by atoms with Crippen LogP contribution in [-0.4, -0.2) is 11.7 Å². The number of benzene rings is 2. The first kappa shape index (κ1) is 17.2. The van der Waals surface area contributed by atoms with Gasteiger partial charge in [-0.05, 0) is 36.4 Å². The minimum Gasteiger partial charge on any atom is -0.321 e. The van der Waals surface area contributed by atoms with E-state index in [-0.39, 0.29) is 27.8 Å². The van der Waals surface area contributed by atoms with Crippen molar-refractivity contribution in [2.24, 2.45) is 5.90 Å². The fourth-order valence-corrected chi connectivity index (χ4v) is 3.32. The largest absolute Gasteiger partial charge is 0.321 e. The molecule has 0 fully saturated rings. The topological polar surface area (TPSA) is 81.4 Å². The molecule has 0 aliphatic carbocycles. The average molecular weight is 386 g/mol. The number of nitrogens with one attached hydrogen (secondary N) is 1. The van der Waals surface area contributed by atoms with Crippen LogP contribution in [0.5, 0.6) is 0 Å². The number of carbonyl (C=O) groups is 2. The Balaban J connectivity index is 2.05. The quantitative estimate of drug-likeness (QED) is 0.616. The van der Waals surface area contributed by atoms with Crippen molar-refractivity contribution in [3.8, 4) is 0 Å². The third-order valence-electron chi connectivity index (χ3n) is 3.89. The van der Waals surface area contributed by atoms with Gasteiger partial charge in [0.15, 0.2) is 5.78 Å². The van der Waals surface area contributed by atoms with E-state index in [0.29, 0.717) is 16.3 Å². The molecule has 1 atom stereocenters. The van der Waals surface area contributed by atoms with Gasteiger partial charge in [-0.25, -0.2) is 5.90 Å². The molecule has 1 heterocycles. The highest BCUT2D eigenvalue weighted by molar-refractivity contribution is 6.38. The number of Topliss-reactive ketones (excluding diaryl/α,β-unsaturated/α-hetero) is 1. The molecule has 8 heteroatoms. The van der Waals surface area contributed by atoms with E-state index in [2.05, 4.69) is 5.32 Å². The molecule has 124 valence electrons. The van der Waals surface area contributed by atoms with E-state index in [4.69, 9.17) is 45.5 Å². The molecule has 3 rings (SSSR count). The summed E-state index contributed by atoms with van der Waals surface area (Å²) >= 11 is 18.1. The fourth-order valence-electron chi connectivity index (χ4n) is 2.68. The smallest absolute Gasteiger partial charge is 0.264 e. The van der Waals surface area contributed by atoms with Crippen LogP contribution in [0.25, 0.3) is 0 Å². The second-order valence-corrected chi connectivity index (χ2v) is 6.54. The predicted octanol–water partition coefficient (Wildman–Crippen LogP) is 3.96. The second-order valence-electron chi connectivity index (χ2n) is 5.29.